The van der Waals surface area contributed by atoms with Gasteiger partial charge in [0.05, 0.1) is 4.92 Å². The maximum atomic E-state index is 11.8. The minimum absolute atomic E-state index is 0.101. The Bertz CT molecular complexity index is 520. The Labute approximate surface area is 109 Å². The smallest absolute Gasteiger partial charge is 0.353 e. The SMILES string of the molecule is CNC(=O)C1CCCN1c1ncnc(N)c1[N+](=O)[O-]. The normalized spacial score (nSPS) is 18.4. The Balaban J connectivity index is 2.44. The van der Waals surface area contributed by atoms with E-state index in [-0.39, 0.29) is 23.2 Å². The summed E-state index contributed by atoms with van der Waals surface area (Å²) in [6.45, 7) is 0.523. The number of rotatable bonds is 3. The molecule has 0 radical (unpaired) electrons. The number of amides is 1. The number of hydrogen-bond acceptors (Lipinski definition) is 7. The third kappa shape index (κ3) is 2.26. The van der Waals surface area contributed by atoms with E-state index in [1.54, 1.807) is 4.90 Å². The monoisotopic (exact) mass is 266 g/mol. The molecule has 1 aromatic heterocycles. The molecule has 9 nitrogen and oxygen atoms in total. The molecule has 0 aromatic carbocycles. The highest BCUT2D eigenvalue weighted by Gasteiger charge is 2.36. The van der Waals surface area contributed by atoms with E-state index in [4.69, 9.17) is 5.73 Å². The lowest BCUT2D eigenvalue weighted by Crippen LogP contribution is -2.42. The molecule has 1 aromatic rings. The van der Waals surface area contributed by atoms with Gasteiger partial charge in [-0.2, -0.15) is 0 Å². The first-order valence-electron chi connectivity index (χ1n) is 5.79. The van der Waals surface area contributed by atoms with Gasteiger partial charge in [-0.05, 0) is 12.8 Å². The van der Waals surface area contributed by atoms with Crippen LogP contribution in [0.5, 0.6) is 0 Å². The highest BCUT2D eigenvalue weighted by atomic mass is 16.6. The van der Waals surface area contributed by atoms with Crippen LogP contribution in [0.1, 0.15) is 12.8 Å². The van der Waals surface area contributed by atoms with Gasteiger partial charge < -0.3 is 16.0 Å². The first kappa shape index (κ1) is 13.0. The molecule has 1 saturated heterocycles. The van der Waals surface area contributed by atoms with Gasteiger partial charge in [0.2, 0.25) is 17.5 Å². The first-order valence-corrected chi connectivity index (χ1v) is 5.79. The van der Waals surface area contributed by atoms with Crippen LogP contribution in [0.25, 0.3) is 0 Å². The average molecular weight is 266 g/mol. The molecule has 1 aliphatic rings. The predicted octanol–water partition coefficient (Wildman–Crippen LogP) is -0.318. The van der Waals surface area contributed by atoms with Crippen LogP contribution in [0.2, 0.25) is 0 Å². The van der Waals surface area contributed by atoms with Crippen LogP contribution >= 0.6 is 0 Å². The van der Waals surface area contributed by atoms with Crippen molar-refractivity contribution in [1.29, 1.82) is 0 Å². The molecule has 0 spiro atoms. The number of nitro groups is 1. The van der Waals surface area contributed by atoms with Gasteiger partial charge in [0, 0.05) is 13.6 Å². The summed E-state index contributed by atoms with van der Waals surface area (Å²) in [4.78, 5) is 31.4. The van der Waals surface area contributed by atoms with Gasteiger partial charge in [-0.1, -0.05) is 0 Å². The van der Waals surface area contributed by atoms with E-state index in [2.05, 4.69) is 15.3 Å². The van der Waals surface area contributed by atoms with Gasteiger partial charge in [0.15, 0.2) is 0 Å². The van der Waals surface area contributed by atoms with Crippen molar-refractivity contribution < 1.29 is 9.72 Å². The van der Waals surface area contributed by atoms with E-state index in [0.717, 1.165) is 12.7 Å². The lowest BCUT2D eigenvalue weighted by molar-refractivity contribution is -0.383. The average Bonchev–Trinajstić information content (AvgIpc) is 2.86. The van der Waals surface area contributed by atoms with Gasteiger partial charge in [-0.3, -0.25) is 14.9 Å². The second-order valence-electron chi connectivity index (χ2n) is 4.15. The van der Waals surface area contributed by atoms with Crippen molar-refractivity contribution in [3.8, 4) is 0 Å². The van der Waals surface area contributed by atoms with Crippen molar-refractivity contribution in [3.63, 3.8) is 0 Å². The zero-order valence-electron chi connectivity index (χ0n) is 10.4. The number of anilines is 2. The third-order valence-corrected chi connectivity index (χ3v) is 3.09. The van der Waals surface area contributed by atoms with Crippen LogP contribution in [0.15, 0.2) is 6.33 Å². The molecule has 1 aliphatic heterocycles. The number of carbonyl (C=O) groups excluding carboxylic acids is 1. The Morgan fingerprint density at radius 2 is 2.37 bits per heavy atom. The number of likely N-dealkylation sites (N-methyl/N-ethyl adjacent to an activating group) is 1. The number of nitrogens with two attached hydrogens (primary N) is 1. The van der Waals surface area contributed by atoms with Crippen molar-refractivity contribution in [1.82, 2.24) is 15.3 Å². The molecule has 0 bridgehead atoms. The number of aromatic nitrogens is 2. The molecule has 1 amide bonds. The maximum absolute atomic E-state index is 11.8. The van der Waals surface area contributed by atoms with Crippen molar-refractivity contribution in [3.05, 3.63) is 16.4 Å². The Morgan fingerprint density at radius 1 is 1.63 bits per heavy atom. The van der Waals surface area contributed by atoms with E-state index in [9.17, 15) is 14.9 Å². The lowest BCUT2D eigenvalue weighted by Gasteiger charge is -2.23. The van der Waals surface area contributed by atoms with Crippen molar-refractivity contribution >= 4 is 23.2 Å². The molecule has 1 unspecified atom stereocenters. The van der Waals surface area contributed by atoms with Crippen LogP contribution < -0.4 is 16.0 Å². The minimum Gasteiger partial charge on any atom is -0.378 e. The van der Waals surface area contributed by atoms with Crippen molar-refractivity contribution in [2.45, 2.75) is 18.9 Å². The third-order valence-electron chi connectivity index (χ3n) is 3.09. The highest BCUT2D eigenvalue weighted by molar-refractivity contribution is 5.86. The number of nitrogen functional groups attached to an aromatic ring is 1. The van der Waals surface area contributed by atoms with Crippen LogP contribution in [0.4, 0.5) is 17.3 Å². The molecule has 2 heterocycles. The molecule has 9 heteroatoms. The summed E-state index contributed by atoms with van der Waals surface area (Å²) in [6, 6.07) is -0.460. The molecular weight excluding hydrogens is 252 g/mol. The van der Waals surface area contributed by atoms with E-state index >= 15 is 0 Å². The molecular formula is C10H14N6O3. The molecule has 19 heavy (non-hydrogen) atoms. The zero-order valence-corrected chi connectivity index (χ0v) is 10.4. The van der Waals surface area contributed by atoms with Crippen molar-refractivity contribution in [2.75, 3.05) is 24.2 Å². The quantitative estimate of drug-likeness (QED) is 0.567. The highest BCUT2D eigenvalue weighted by Crippen LogP contribution is 2.34. The van der Waals surface area contributed by atoms with Gasteiger partial charge in [-0.25, -0.2) is 9.97 Å². The fourth-order valence-electron chi connectivity index (χ4n) is 2.23. The molecule has 0 aliphatic carbocycles. The summed E-state index contributed by atoms with van der Waals surface area (Å²) >= 11 is 0. The van der Waals surface area contributed by atoms with Gasteiger partial charge in [0.1, 0.15) is 12.4 Å². The van der Waals surface area contributed by atoms with E-state index in [1.165, 1.54) is 7.05 Å². The van der Waals surface area contributed by atoms with Crippen LogP contribution in [-0.2, 0) is 4.79 Å². The van der Waals surface area contributed by atoms with Crippen LogP contribution in [0, 0.1) is 10.1 Å². The second kappa shape index (κ2) is 5.04. The summed E-state index contributed by atoms with van der Waals surface area (Å²) in [6.07, 6.45) is 2.55. The van der Waals surface area contributed by atoms with Crippen LogP contribution in [0.3, 0.4) is 0 Å². The van der Waals surface area contributed by atoms with E-state index in [0.29, 0.717) is 13.0 Å². The molecule has 0 saturated carbocycles. The molecule has 1 atom stereocenters. The van der Waals surface area contributed by atoms with Crippen LogP contribution in [-0.4, -0.2) is 40.4 Å². The molecule has 1 fully saturated rings. The summed E-state index contributed by atoms with van der Waals surface area (Å²) in [7, 11) is 1.53. The Hall–Kier alpha value is -2.45. The fourth-order valence-corrected chi connectivity index (χ4v) is 2.23. The summed E-state index contributed by atoms with van der Waals surface area (Å²) in [5.41, 5.74) is 5.18. The largest absolute Gasteiger partial charge is 0.378 e. The Kier molecular flexibility index (Phi) is 3.45. The second-order valence-corrected chi connectivity index (χ2v) is 4.15. The number of nitrogens with one attached hydrogen (secondary N) is 1. The molecule has 2 rings (SSSR count). The zero-order chi connectivity index (χ0) is 14.0. The summed E-state index contributed by atoms with van der Waals surface area (Å²) in [5.74, 6) is -0.287. The molecule has 102 valence electrons. The number of nitrogens with zero attached hydrogens (tertiary/aromatic N) is 4. The molecule has 3 N–H and O–H groups in total. The maximum Gasteiger partial charge on any atom is 0.353 e. The van der Waals surface area contributed by atoms with Gasteiger partial charge in [-0.15, -0.1) is 0 Å². The first-order chi connectivity index (χ1) is 9.06. The summed E-state index contributed by atoms with van der Waals surface area (Å²) < 4.78 is 0. The standard InChI is InChI=1S/C10H14N6O3/c1-12-10(17)6-3-2-4-15(6)9-7(16(18)19)8(11)13-5-14-9/h5-6H,2-4H2,1H3,(H,12,17)(H2,11,13,14). The topological polar surface area (TPSA) is 127 Å². The van der Waals surface area contributed by atoms with E-state index < -0.39 is 11.0 Å². The summed E-state index contributed by atoms with van der Waals surface area (Å²) in [5, 5.41) is 13.6. The lowest BCUT2D eigenvalue weighted by atomic mass is 10.2. The fraction of sp³-hybridized carbons (Fsp3) is 0.500. The number of carbonyl (C=O) groups is 1. The van der Waals surface area contributed by atoms with Gasteiger partial charge in [0.25, 0.3) is 0 Å². The number of hydrogen-bond donors (Lipinski definition) is 2. The van der Waals surface area contributed by atoms with Gasteiger partial charge >= 0.3 is 5.69 Å². The predicted molar refractivity (Wildman–Crippen MR) is 67.5 cm³/mol. The van der Waals surface area contributed by atoms with E-state index in [1.807, 2.05) is 0 Å². The minimum atomic E-state index is -0.621. The van der Waals surface area contributed by atoms with Crippen molar-refractivity contribution in [2.24, 2.45) is 0 Å². The Morgan fingerprint density at radius 3 is 3.00 bits per heavy atom.